The van der Waals surface area contributed by atoms with E-state index in [-0.39, 0.29) is 10.1 Å². The molecule has 2 N–H and O–H groups in total. The first-order valence-electron chi connectivity index (χ1n) is 12.2. The first kappa shape index (κ1) is 34.1. The minimum atomic E-state index is -4.68. The van der Waals surface area contributed by atoms with Crippen LogP contribution in [0.1, 0.15) is 40.2 Å². The molecule has 1 heterocycles. The van der Waals surface area contributed by atoms with Crippen LogP contribution in [0, 0.1) is 0 Å². The zero-order chi connectivity index (χ0) is 32.5. The molecular weight excluding hydrogens is 596 g/mol. The van der Waals surface area contributed by atoms with Crippen LogP contribution in [-0.4, -0.2) is 85.7 Å². The minimum absolute atomic E-state index is 0.0688. The summed E-state index contributed by atoms with van der Waals surface area (Å²) in [7, 11) is -4.68. The Morgan fingerprint density at radius 1 is 0.860 bits per heavy atom. The van der Waals surface area contributed by atoms with Crippen molar-refractivity contribution in [3.63, 3.8) is 0 Å². The number of carbonyl (C=O) groups is 7. The van der Waals surface area contributed by atoms with Crippen molar-refractivity contribution in [1.82, 2.24) is 15.0 Å². The first-order chi connectivity index (χ1) is 20.0. The third kappa shape index (κ3) is 10.0. The lowest BCUT2D eigenvalue weighted by Gasteiger charge is -2.30. The highest BCUT2D eigenvalue weighted by atomic mass is 32.2. The predicted octanol–water partition coefficient (Wildman–Crippen LogP) is -0.252. The Hall–Kier alpha value is -5.13. The van der Waals surface area contributed by atoms with Crippen LogP contribution in [0.2, 0.25) is 0 Å². The molecule has 0 saturated carbocycles. The largest absolute Gasteiger partial charge is 0.462 e. The summed E-state index contributed by atoms with van der Waals surface area (Å²) in [6, 6.07) is 4.05. The normalized spacial score (nSPS) is 16.0. The topological polar surface area (TPSA) is 230 Å². The fraction of sp³-hybridized carbons (Fsp3) is 0.360. The van der Waals surface area contributed by atoms with Crippen molar-refractivity contribution in [3.05, 3.63) is 35.5 Å². The van der Waals surface area contributed by atoms with E-state index in [1.54, 1.807) is 0 Å². The van der Waals surface area contributed by atoms with Crippen LogP contribution < -0.4 is 10.6 Å². The summed E-state index contributed by atoms with van der Waals surface area (Å²) in [5, 5.41) is 7.96. The van der Waals surface area contributed by atoms with Gasteiger partial charge in [-0.3, -0.25) is 34.1 Å². The van der Waals surface area contributed by atoms with Crippen molar-refractivity contribution in [3.8, 4) is 0 Å². The zero-order valence-corrected chi connectivity index (χ0v) is 24.3. The monoisotopic (exact) mass is 624 g/mol. The maximum Gasteiger partial charge on any atom is 0.326 e. The second-order valence-corrected chi connectivity index (χ2v) is 10.4. The fourth-order valence-electron chi connectivity index (χ4n) is 3.45. The Kier molecular flexibility index (Phi) is 11.6. The molecule has 1 aliphatic heterocycles. The Bertz CT molecular complexity index is 1470. The number of hydrogen-bond acceptors (Lipinski definition) is 14. The lowest BCUT2D eigenvalue weighted by Crippen LogP contribution is -2.48. The molecule has 0 bridgehead atoms. The summed E-state index contributed by atoms with van der Waals surface area (Å²) in [5.41, 5.74) is 0.253. The van der Waals surface area contributed by atoms with Crippen molar-refractivity contribution in [1.29, 1.82) is 0 Å². The molecule has 43 heavy (non-hydrogen) atoms. The third-order valence-electron chi connectivity index (χ3n) is 5.09. The molecular formula is C25H28N4O13S. The number of amides is 4. The van der Waals surface area contributed by atoms with Gasteiger partial charge in [-0.2, -0.15) is 13.5 Å². The number of carbonyl (C=O) groups excluding carboxylic acids is 7. The van der Waals surface area contributed by atoms with E-state index in [2.05, 4.69) is 10.4 Å². The summed E-state index contributed by atoms with van der Waals surface area (Å²) in [5.74, 6) is -5.38. The average Bonchev–Trinajstić information content (AvgIpc) is 3.20. The van der Waals surface area contributed by atoms with Crippen LogP contribution in [0.3, 0.4) is 0 Å². The highest BCUT2D eigenvalue weighted by molar-refractivity contribution is 7.89. The highest BCUT2D eigenvalue weighted by Gasteiger charge is 2.38. The Labute approximate surface area is 245 Å². The molecule has 0 aliphatic carbocycles. The summed E-state index contributed by atoms with van der Waals surface area (Å²) in [6.07, 6.45) is -3.05. The maximum absolute atomic E-state index is 13.3. The van der Waals surface area contributed by atoms with Crippen LogP contribution in [0.4, 0.5) is 4.79 Å². The minimum Gasteiger partial charge on any atom is -0.462 e. The van der Waals surface area contributed by atoms with Crippen molar-refractivity contribution in [2.75, 3.05) is 6.61 Å². The van der Waals surface area contributed by atoms with Crippen LogP contribution in [0.15, 0.2) is 40.0 Å². The molecule has 1 aliphatic rings. The maximum atomic E-state index is 13.3. The molecule has 0 aromatic heterocycles. The van der Waals surface area contributed by atoms with E-state index in [9.17, 15) is 42.0 Å². The average molecular weight is 625 g/mol. The van der Waals surface area contributed by atoms with Crippen LogP contribution in [0.5, 0.6) is 0 Å². The number of urea groups is 1. The number of rotatable bonds is 12. The molecule has 1 aromatic rings. The SMILES string of the molecule is CC(=O)OCC(OC(C)=O)C(OC(C)=O)C(/C=N/N(C(C)=O)S(=O)(=O)c1ccc(/C=C2\NC(=O)NC2=O)cc1)OC(C)=O. The van der Waals surface area contributed by atoms with Crippen molar-refractivity contribution < 1.29 is 60.9 Å². The van der Waals surface area contributed by atoms with E-state index in [1.165, 1.54) is 18.2 Å². The Morgan fingerprint density at radius 2 is 1.44 bits per heavy atom. The van der Waals surface area contributed by atoms with Crippen molar-refractivity contribution in [2.45, 2.75) is 57.8 Å². The quantitative estimate of drug-likeness (QED) is 0.0764. The van der Waals surface area contributed by atoms with Gasteiger partial charge in [-0.1, -0.05) is 12.1 Å². The van der Waals surface area contributed by atoms with Crippen molar-refractivity contribution in [2.24, 2.45) is 5.10 Å². The van der Waals surface area contributed by atoms with Gasteiger partial charge in [0.2, 0.25) is 0 Å². The smallest absolute Gasteiger partial charge is 0.326 e. The molecule has 17 nitrogen and oxygen atoms in total. The van der Waals surface area contributed by atoms with Gasteiger partial charge in [0.15, 0.2) is 18.3 Å². The van der Waals surface area contributed by atoms with Gasteiger partial charge in [0.05, 0.1) is 11.1 Å². The molecule has 2 rings (SSSR count). The lowest BCUT2D eigenvalue weighted by molar-refractivity contribution is -0.183. The molecule has 1 saturated heterocycles. The van der Waals surface area contributed by atoms with Crippen molar-refractivity contribution >= 4 is 64.0 Å². The standard InChI is InChI=1S/C25H28N4O13S/c1-13(30)29(43(37,38)19-8-6-18(7-9-19)10-20-24(35)28-25(36)27-20)26-11-21(40-15(3)32)23(42-17(5)34)22(41-16(4)33)12-39-14(2)31/h6-11,21-23H,12H2,1-5H3,(H2,27,28,35,36)/b20-10-,26-11+. The number of nitrogens with zero attached hydrogens (tertiary/aromatic N) is 2. The second-order valence-electron chi connectivity index (χ2n) is 8.67. The van der Waals surface area contributed by atoms with E-state index < -0.39 is 81.6 Å². The highest BCUT2D eigenvalue weighted by Crippen LogP contribution is 2.20. The van der Waals surface area contributed by atoms with Crippen LogP contribution in [0.25, 0.3) is 6.08 Å². The molecule has 1 aromatic carbocycles. The number of hydrazone groups is 1. The molecule has 18 heteroatoms. The number of hydrogen-bond donors (Lipinski definition) is 2. The number of ether oxygens (including phenoxy) is 4. The first-order valence-corrected chi connectivity index (χ1v) is 13.6. The van der Waals surface area contributed by atoms with Gasteiger partial charge in [-0.25, -0.2) is 4.79 Å². The second kappa shape index (κ2) is 14.7. The van der Waals surface area contributed by atoms with Crippen LogP contribution in [-0.2, 0) is 57.7 Å². The summed E-state index contributed by atoms with van der Waals surface area (Å²) in [4.78, 5) is 81.8. The van der Waals surface area contributed by atoms with Gasteiger partial charge in [-0.05, 0) is 23.8 Å². The fourth-order valence-corrected chi connectivity index (χ4v) is 4.65. The molecule has 1 fully saturated rings. The Morgan fingerprint density at radius 3 is 1.91 bits per heavy atom. The Balaban J connectivity index is 2.47. The molecule has 0 spiro atoms. The lowest BCUT2D eigenvalue weighted by atomic mass is 10.1. The van der Waals surface area contributed by atoms with Gasteiger partial charge in [0, 0.05) is 34.6 Å². The molecule has 3 atom stereocenters. The number of esters is 4. The molecule has 0 radical (unpaired) electrons. The number of nitrogens with one attached hydrogen (secondary N) is 2. The van der Waals surface area contributed by atoms with Crippen LogP contribution >= 0.6 is 0 Å². The molecule has 232 valence electrons. The zero-order valence-electron chi connectivity index (χ0n) is 23.5. The molecule has 3 unspecified atom stereocenters. The predicted molar refractivity (Wildman–Crippen MR) is 143 cm³/mol. The van der Waals surface area contributed by atoms with E-state index >= 15 is 0 Å². The van der Waals surface area contributed by atoms with Gasteiger partial charge < -0.3 is 24.3 Å². The summed E-state index contributed by atoms with van der Waals surface area (Å²) >= 11 is 0. The number of imide groups is 1. The molecule has 4 amide bonds. The van der Waals surface area contributed by atoms with Gasteiger partial charge in [0.25, 0.3) is 21.8 Å². The van der Waals surface area contributed by atoms with E-state index in [0.717, 1.165) is 46.8 Å². The number of benzene rings is 1. The van der Waals surface area contributed by atoms with E-state index in [1.807, 2.05) is 5.32 Å². The number of sulfonamides is 1. The van der Waals surface area contributed by atoms with Gasteiger partial charge in [-0.15, -0.1) is 4.41 Å². The summed E-state index contributed by atoms with van der Waals surface area (Å²) in [6.45, 7) is 4.23. The third-order valence-corrected chi connectivity index (χ3v) is 6.76. The van der Waals surface area contributed by atoms with Gasteiger partial charge in [0.1, 0.15) is 12.3 Å². The summed E-state index contributed by atoms with van der Waals surface area (Å²) < 4.78 is 46.9. The van der Waals surface area contributed by atoms with E-state index in [0.29, 0.717) is 11.8 Å². The van der Waals surface area contributed by atoms with Gasteiger partial charge >= 0.3 is 29.9 Å². The van der Waals surface area contributed by atoms with E-state index in [4.69, 9.17) is 18.9 Å².